The summed E-state index contributed by atoms with van der Waals surface area (Å²) in [6, 6.07) is 12.2. The zero-order chi connectivity index (χ0) is 10.5. The highest BCUT2D eigenvalue weighted by molar-refractivity contribution is 5.90. The minimum absolute atomic E-state index is 1.12. The van der Waals surface area contributed by atoms with Crippen LogP contribution in [0.2, 0.25) is 0 Å². The van der Waals surface area contributed by atoms with Crippen molar-refractivity contribution in [1.29, 1.82) is 0 Å². The summed E-state index contributed by atoms with van der Waals surface area (Å²) in [6.07, 6.45) is 5.50. The Hall–Kier alpha value is -1.96. The zero-order valence-electron chi connectivity index (χ0n) is 8.59. The highest BCUT2D eigenvalue weighted by Gasteiger charge is 2.01. The van der Waals surface area contributed by atoms with Gasteiger partial charge in [0, 0.05) is 36.8 Å². The molecule has 2 heteroatoms. The van der Waals surface area contributed by atoms with E-state index in [-0.39, 0.29) is 0 Å². The average molecular weight is 196 g/mol. The Morgan fingerprint density at radius 2 is 2.00 bits per heavy atom. The van der Waals surface area contributed by atoms with E-state index in [1.165, 1.54) is 0 Å². The molecule has 1 heterocycles. The predicted octanol–water partition coefficient (Wildman–Crippen LogP) is 2.80. The summed E-state index contributed by atoms with van der Waals surface area (Å²) in [5, 5.41) is 0. The molecule has 0 aliphatic heterocycles. The fraction of sp³-hybridized carbons (Fsp3) is 0.0769. The van der Waals surface area contributed by atoms with Gasteiger partial charge in [0.15, 0.2) is 0 Å². The molecular weight excluding hydrogens is 184 g/mol. The van der Waals surface area contributed by atoms with Gasteiger partial charge in [-0.3, -0.25) is 9.98 Å². The van der Waals surface area contributed by atoms with Crippen LogP contribution >= 0.6 is 0 Å². The van der Waals surface area contributed by atoms with Crippen LogP contribution in [-0.4, -0.2) is 18.2 Å². The van der Waals surface area contributed by atoms with Gasteiger partial charge in [-0.15, -0.1) is 0 Å². The summed E-state index contributed by atoms with van der Waals surface area (Å²) in [5.41, 5.74) is 3.40. The Morgan fingerprint density at radius 1 is 1.13 bits per heavy atom. The second-order valence-corrected chi connectivity index (χ2v) is 3.22. The van der Waals surface area contributed by atoms with E-state index in [0.717, 1.165) is 16.7 Å². The van der Waals surface area contributed by atoms with E-state index in [2.05, 4.69) is 28.2 Å². The summed E-state index contributed by atoms with van der Waals surface area (Å²) in [7, 11) is 1.78. The van der Waals surface area contributed by atoms with Crippen molar-refractivity contribution < 1.29 is 0 Å². The molecule has 0 fully saturated rings. The van der Waals surface area contributed by atoms with Crippen molar-refractivity contribution in [3.63, 3.8) is 0 Å². The lowest BCUT2D eigenvalue weighted by atomic mass is 10.0. The number of nitrogens with zero attached hydrogens (tertiary/aromatic N) is 2. The molecule has 2 nitrogen and oxygen atoms in total. The first-order valence-corrected chi connectivity index (χ1v) is 4.83. The van der Waals surface area contributed by atoms with Gasteiger partial charge < -0.3 is 0 Å². The molecular formula is C13H12N2. The first-order valence-electron chi connectivity index (χ1n) is 4.83. The average Bonchev–Trinajstić information content (AvgIpc) is 2.31. The molecule has 0 amide bonds. The summed E-state index contributed by atoms with van der Waals surface area (Å²) in [6.45, 7) is 0. The lowest BCUT2D eigenvalue weighted by Gasteiger charge is -2.04. The largest absolute Gasteiger partial charge is 0.296 e. The molecule has 0 aliphatic carbocycles. The van der Waals surface area contributed by atoms with Crippen molar-refractivity contribution in [3.8, 4) is 11.1 Å². The maximum atomic E-state index is 4.12. The Labute approximate surface area is 89.3 Å². The lowest BCUT2D eigenvalue weighted by Crippen LogP contribution is -1.87. The van der Waals surface area contributed by atoms with E-state index in [0.29, 0.717) is 0 Å². The highest BCUT2D eigenvalue weighted by Crippen LogP contribution is 2.21. The maximum Gasteiger partial charge on any atom is 0.0346 e. The van der Waals surface area contributed by atoms with E-state index in [9.17, 15) is 0 Å². The Morgan fingerprint density at radius 3 is 2.73 bits per heavy atom. The van der Waals surface area contributed by atoms with Crippen molar-refractivity contribution in [3.05, 3.63) is 54.4 Å². The third-order valence-corrected chi connectivity index (χ3v) is 2.20. The van der Waals surface area contributed by atoms with Crippen LogP contribution in [0.25, 0.3) is 11.1 Å². The first-order chi connectivity index (χ1) is 7.42. The van der Waals surface area contributed by atoms with Gasteiger partial charge >= 0.3 is 0 Å². The molecule has 0 saturated heterocycles. The maximum absolute atomic E-state index is 4.12. The summed E-state index contributed by atoms with van der Waals surface area (Å²) >= 11 is 0. The van der Waals surface area contributed by atoms with Crippen molar-refractivity contribution in [2.75, 3.05) is 7.05 Å². The van der Waals surface area contributed by atoms with Crippen LogP contribution in [0.4, 0.5) is 0 Å². The van der Waals surface area contributed by atoms with E-state index in [1.807, 2.05) is 30.6 Å². The molecule has 2 aromatic rings. The zero-order valence-corrected chi connectivity index (χ0v) is 8.59. The Kier molecular flexibility index (Phi) is 2.88. The summed E-state index contributed by atoms with van der Waals surface area (Å²) in [4.78, 5) is 8.16. The molecule has 0 saturated carbocycles. The molecule has 15 heavy (non-hydrogen) atoms. The second kappa shape index (κ2) is 4.51. The van der Waals surface area contributed by atoms with E-state index in [1.54, 1.807) is 13.2 Å². The quantitative estimate of drug-likeness (QED) is 0.678. The summed E-state index contributed by atoms with van der Waals surface area (Å²) < 4.78 is 0. The Bertz CT molecular complexity index is 461. The molecule has 1 aromatic carbocycles. The molecule has 0 radical (unpaired) electrons. The highest BCUT2D eigenvalue weighted by atomic mass is 14.6. The number of hydrogen-bond donors (Lipinski definition) is 0. The minimum atomic E-state index is 1.12. The topological polar surface area (TPSA) is 25.2 Å². The molecule has 0 spiro atoms. The number of hydrogen-bond acceptors (Lipinski definition) is 2. The smallest absolute Gasteiger partial charge is 0.0346 e. The predicted molar refractivity (Wildman–Crippen MR) is 63.2 cm³/mol. The number of rotatable bonds is 2. The molecule has 0 aliphatic rings. The SMILES string of the molecule is CN=Cc1ccccc1-c1cccnc1. The van der Waals surface area contributed by atoms with Gasteiger partial charge in [-0.25, -0.2) is 0 Å². The standard InChI is InChI=1S/C13H12N2/c1-14-9-11-5-2-3-7-13(11)12-6-4-8-15-10-12/h2-10H,1H3. The van der Waals surface area contributed by atoms with E-state index < -0.39 is 0 Å². The Balaban J connectivity index is 2.53. The van der Waals surface area contributed by atoms with Gasteiger partial charge in [0.05, 0.1) is 0 Å². The van der Waals surface area contributed by atoms with Crippen LogP contribution in [0.15, 0.2) is 53.8 Å². The van der Waals surface area contributed by atoms with Crippen LogP contribution in [0.3, 0.4) is 0 Å². The van der Waals surface area contributed by atoms with Crippen LogP contribution in [0, 0.1) is 0 Å². The van der Waals surface area contributed by atoms with E-state index in [4.69, 9.17) is 0 Å². The molecule has 2 rings (SSSR count). The van der Waals surface area contributed by atoms with Gasteiger partial charge in [0.25, 0.3) is 0 Å². The van der Waals surface area contributed by atoms with Gasteiger partial charge in [-0.1, -0.05) is 30.3 Å². The van der Waals surface area contributed by atoms with Gasteiger partial charge in [0.1, 0.15) is 0 Å². The second-order valence-electron chi connectivity index (χ2n) is 3.22. The molecule has 1 aromatic heterocycles. The van der Waals surface area contributed by atoms with Crippen LogP contribution in [0.5, 0.6) is 0 Å². The number of pyridine rings is 1. The minimum Gasteiger partial charge on any atom is -0.296 e. The summed E-state index contributed by atoms with van der Waals surface area (Å²) in [5.74, 6) is 0. The fourth-order valence-corrected chi connectivity index (χ4v) is 1.53. The van der Waals surface area contributed by atoms with E-state index >= 15 is 0 Å². The number of benzene rings is 1. The van der Waals surface area contributed by atoms with Gasteiger partial charge in [0.2, 0.25) is 0 Å². The van der Waals surface area contributed by atoms with Crippen LogP contribution in [0.1, 0.15) is 5.56 Å². The molecule has 74 valence electrons. The molecule has 0 atom stereocenters. The lowest BCUT2D eigenvalue weighted by molar-refractivity contribution is 1.33. The third-order valence-electron chi connectivity index (χ3n) is 2.20. The third kappa shape index (κ3) is 2.10. The normalized spacial score (nSPS) is 10.7. The van der Waals surface area contributed by atoms with Crippen LogP contribution < -0.4 is 0 Å². The molecule has 0 unspecified atom stereocenters. The van der Waals surface area contributed by atoms with Crippen molar-refractivity contribution in [2.24, 2.45) is 4.99 Å². The van der Waals surface area contributed by atoms with Crippen LogP contribution in [-0.2, 0) is 0 Å². The van der Waals surface area contributed by atoms with Gasteiger partial charge in [-0.2, -0.15) is 0 Å². The van der Waals surface area contributed by atoms with Crippen molar-refractivity contribution in [1.82, 2.24) is 4.98 Å². The van der Waals surface area contributed by atoms with Gasteiger partial charge in [-0.05, 0) is 11.6 Å². The molecule has 0 N–H and O–H groups in total. The van der Waals surface area contributed by atoms with Crippen molar-refractivity contribution in [2.45, 2.75) is 0 Å². The first kappa shape index (κ1) is 9.59. The number of aliphatic imine (C=N–C) groups is 1. The fourth-order valence-electron chi connectivity index (χ4n) is 1.53. The van der Waals surface area contributed by atoms with Crippen molar-refractivity contribution >= 4 is 6.21 Å². The number of aromatic nitrogens is 1. The molecule has 0 bridgehead atoms. The monoisotopic (exact) mass is 196 g/mol.